The fraction of sp³-hybridized carbons (Fsp3) is 0.200. The topological polar surface area (TPSA) is 77.1 Å². The average Bonchev–Trinajstić information content (AvgIpc) is 3.65. The number of rotatable bonds is 6. The first-order valence-corrected chi connectivity index (χ1v) is 13.2. The van der Waals surface area contributed by atoms with Crippen LogP contribution in [0.15, 0.2) is 66.7 Å². The maximum Gasteiger partial charge on any atom is 0.262 e. The molecule has 192 valence electrons. The normalized spacial score (nSPS) is 13.4. The van der Waals surface area contributed by atoms with Crippen molar-refractivity contribution in [3.8, 4) is 28.4 Å². The molecule has 2 amide bonds. The van der Waals surface area contributed by atoms with E-state index in [9.17, 15) is 9.59 Å². The van der Waals surface area contributed by atoms with Crippen LogP contribution in [0.3, 0.4) is 0 Å². The number of benzene rings is 3. The van der Waals surface area contributed by atoms with E-state index >= 15 is 0 Å². The van der Waals surface area contributed by atoms with E-state index < -0.39 is 0 Å². The van der Waals surface area contributed by atoms with E-state index in [1.54, 1.807) is 30.6 Å². The summed E-state index contributed by atoms with van der Waals surface area (Å²) >= 11 is 1.55. The van der Waals surface area contributed by atoms with E-state index in [-0.39, 0.29) is 25.0 Å². The number of carbonyl (C=O) groups excluding carboxylic acids is 2. The molecule has 4 aromatic rings. The van der Waals surface area contributed by atoms with Crippen LogP contribution in [0.2, 0.25) is 0 Å². The molecule has 0 saturated carbocycles. The first kappa shape index (κ1) is 24.1. The maximum atomic E-state index is 13.3. The Balaban J connectivity index is 1.17. The zero-order chi connectivity index (χ0) is 26.2. The third-order valence-corrected chi connectivity index (χ3v) is 7.82. The number of anilines is 2. The van der Waals surface area contributed by atoms with E-state index in [1.807, 2.05) is 53.4 Å². The van der Waals surface area contributed by atoms with E-state index in [2.05, 4.69) is 18.3 Å². The molecule has 0 atom stereocenters. The summed E-state index contributed by atoms with van der Waals surface area (Å²) in [6, 6.07) is 21.1. The van der Waals surface area contributed by atoms with Crippen molar-refractivity contribution >= 4 is 33.8 Å². The standard InChI is InChI=1S/C30H26N2O5S/c1-18-23(16-29(38-18)31-28(33)14-19-7-10-26-27(13-19)37-17-36-26)20-8-9-24-21(15-20)11-12-32(24)30(34)22-5-3-4-6-25(22)35-2/h3-10,13,15-16H,11-12,14,17H2,1-2H3,(H,31,33). The summed E-state index contributed by atoms with van der Waals surface area (Å²) in [5.74, 6) is 1.80. The Morgan fingerprint density at radius 1 is 1.03 bits per heavy atom. The fourth-order valence-corrected chi connectivity index (χ4v) is 5.95. The SMILES string of the molecule is COc1ccccc1C(=O)N1CCc2cc(-c3cc(NC(=O)Cc4ccc5c(c4)OCO5)sc3C)ccc21. The van der Waals surface area contributed by atoms with Gasteiger partial charge >= 0.3 is 0 Å². The Bertz CT molecular complexity index is 1560. The van der Waals surface area contributed by atoms with Crippen LogP contribution in [-0.2, 0) is 17.6 Å². The van der Waals surface area contributed by atoms with Gasteiger partial charge in [0.2, 0.25) is 12.7 Å². The monoisotopic (exact) mass is 526 g/mol. The number of methoxy groups -OCH3 is 1. The van der Waals surface area contributed by atoms with Crippen molar-refractivity contribution in [1.29, 1.82) is 0 Å². The molecule has 2 aliphatic rings. The van der Waals surface area contributed by atoms with Gasteiger partial charge in [-0.3, -0.25) is 9.59 Å². The molecular weight excluding hydrogens is 500 g/mol. The van der Waals surface area contributed by atoms with Gasteiger partial charge in [-0.05, 0) is 78.1 Å². The average molecular weight is 527 g/mol. The summed E-state index contributed by atoms with van der Waals surface area (Å²) in [6.07, 6.45) is 1.03. The molecule has 0 saturated heterocycles. The summed E-state index contributed by atoms with van der Waals surface area (Å²) in [5.41, 5.74) is 5.62. The number of aryl methyl sites for hydroxylation is 1. The number of ether oxygens (including phenoxy) is 3. The second kappa shape index (κ2) is 9.87. The van der Waals surface area contributed by atoms with Gasteiger partial charge in [-0.2, -0.15) is 0 Å². The van der Waals surface area contributed by atoms with Crippen LogP contribution >= 0.6 is 11.3 Å². The lowest BCUT2D eigenvalue weighted by Crippen LogP contribution is -2.29. The summed E-state index contributed by atoms with van der Waals surface area (Å²) in [6.45, 7) is 2.89. The van der Waals surface area contributed by atoms with Crippen molar-refractivity contribution in [2.45, 2.75) is 19.8 Å². The molecule has 6 rings (SSSR count). The van der Waals surface area contributed by atoms with Gasteiger partial charge in [-0.15, -0.1) is 11.3 Å². The maximum absolute atomic E-state index is 13.3. The molecule has 0 spiro atoms. The minimum Gasteiger partial charge on any atom is -0.496 e. The number of nitrogens with one attached hydrogen (secondary N) is 1. The summed E-state index contributed by atoms with van der Waals surface area (Å²) < 4.78 is 16.2. The van der Waals surface area contributed by atoms with Crippen LogP contribution in [0.25, 0.3) is 11.1 Å². The minimum absolute atomic E-state index is 0.0619. The van der Waals surface area contributed by atoms with Crippen LogP contribution in [-0.4, -0.2) is 32.3 Å². The third kappa shape index (κ3) is 4.48. The number of hydrogen-bond acceptors (Lipinski definition) is 6. The van der Waals surface area contributed by atoms with Gasteiger partial charge in [-0.1, -0.05) is 24.3 Å². The van der Waals surface area contributed by atoms with Gasteiger partial charge in [0.1, 0.15) is 5.75 Å². The highest BCUT2D eigenvalue weighted by molar-refractivity contribution is 7.16. The number of hydrogen-bond donors (Lipinski definition) is 1. The highest BCUT2D eigenvalue weighted by Crippen LogP contribution is 2.39. The third-order valence-electron chi connectivity index (χ3n) is 6.85. The van der Waals surface area contributed by atoms with Gasteiger partial charge in [0.25, 0.3) is 5.91 Å². The van der Waals surface area contributed by atoms with E-state index in [4.69, 9.17) is 14.2 Å². The molecule has 38 heavy (non-hydrogen) atoms. The van der Waals surface area contributed by atoms with Gasteiger partial charge in [0.05, 0.1) is 24.1 Å². The lowest BCUT2D eigenvalue weighted by molar-refractivity contribution is -0.115. The van der Waals surface area contributed by atoms with Crippen molar-refractivity contribution in [3.05, 3.63) is 88.3 Å². The Hall–Kier alpha value is -4.30. The summed E-state index contributed by atoms with van der Waals surface area (Å²) in [7, 11) is 1.58. The molecule has 0 unspecified atom stereocenters. The predicted octanol–water partition coefficient (Wildman–Crippen LogP) is 5.84. The molecule has 0 fully saturated rings. The van der Waals surface area contributed by atoms with E-state index in [1.165, 1.54) is 0 Å². The number of amides is 2. The highest BCUT2D eigenvalue weighted by atomic mass is 32.1. The first-order valence-electron chi connectivity index (χ1n) is 12.4. The molecule has 8 heteroatoms. The fourth-order valence-electron chi connectivity index (χ4n) is 5.00. The van der Waals surface area contributed by atoms with Crippen molar-refractivity contribution in [2.24, 2.45) is 0 Å². The predicted molar refractivity (Wildman–Crippen MR) is 148 cm³/mol. The number of thiophene rings is 1. The lowest BCUT2D eigenvalue weighted by atomic mass is 10.0. The summed E-state index contributed by atoms with van der Waals surface area (Å²) in [4.78, 5) is 29.0. The van der Waals surface area contributed by atoms with Gasteiger partial charge in [0, 0.05) is 17.1 Å². The van der Waals surface area contributed by atoms with Crippen LogP contribution in [0.1, 0.15) is 26.4 Å². The molecule has 1 aromatic heterocycles. The van der Waals surface area contributed by atoms with Crippen molar-refractivity contribution < 1.29 is 23.8 Å². The molecule has 0 radical (unpaired) electrons. The number of para-hydroxylation sites is 1. The van der Waals surface area contributed by atoms with Crippen LogP contribution in [0.4, 0.5) is 10.7 Å². The van der Waals surface area contributed by atoms with E-state index in [0.717, 1.165) is 44.2 Å². The van der Waals surface area contributed by atoms with Crippen LogP contribution < -0.4 is 24.4 Å². The minimum atomic E-state index is -0.0869. The largest absolute Gasteiger partial charge is 0.496 e. The molecule has 0 bridgehead atoms. The molecule has 1 N–H and O–H groups in total. The smallest absolute Gasteiger partial charge is 0.262 e. The van der Waals surface area contributed by atoms with Crippen LogP contribution in [0, 0.1) is 6.92 Å². The molecule has 7 nitrogen and oxygen atoms in total. The molecule has 2 aliphatic heterocycles. The quantitative estimate of drug-likeness (QED) is 0.341. The van der Waals surface area contributed by atoms with Gasteiger partial charge < -0.3 is 24.4 Å². The first-order chi connectivity index (χ1) is 18.5. The summed E-state index contributed by atoms with van der Waals surface area (Å²) in [5, 5.41) is 3.84. The zero-order valence-corrected chi connectivity index (χ0v) is 21.9. The van der Waals surface area contributed by atoms with Crippen molar-refractivity contribution in [2.75, 3.05) is 30.7 Å². The second-order valence-electron chi connectivity index (χ2n) is 9.24. The zero-order valence-electron chi connectivity index (χ0n) is 21.1. The Kier molecular flexibility index (Phi) is 6.25. The van der Waals surface area contributed by atoms with E-state index in [0.29, 0.717) is 29.4 Å². The highest BCUT2D eigenvalue weighted by Gasteiger charge is 2.28. The van der Waals surface area contributed by atoms with Gasteiger partial charge in [0.15, 0.2) is 11.5 Å². The Morgan fingerprint density at radius 2 is 1.87 bits per heavy atom. The molecule has 0 aliphatic carbocycles. The molecule has 3 aromatic carbocycles. The Labute approximate surface area is 224 Å². The molecular formula is C30H26N2O5S. The number of fused-ring (bicyclic) bond motifs is 2. The Morgan fingerprint density at radius 3 is 2.74 bits per heavy atom. The second-order valence-corrected chi connectivity index (χ2v) is 10.5. The van der Waals surface area contributed by atoms with Gasteiger partial charge in [-0.25, -0.2) is 0 Å². The lowest BCUT2D eigenvalue weighted by Gasteiger charge is -2.19. The van der Waals surface area contributed by atoms with Crippen LogP contribution in [0.5, 0.6) is 17.2 Å². The number of carbonyl (C=O) groups is 2. The van der Waals surface area contributed by atoms with Crippen molar-refractivity contribution in [3.63, 3.8) is 0 Å². The molecule has 3 heterocycles. The number of nitrogens with zero attached hydrogens (tertiary/aromatic N) is 1. The van der Waals surface area contributed by atoms with Crippen molar-refractivity contribution in [1.82, 2.24) is 0 Å².